The van der Waals surface area contributed by atoms with Crippen LogP contribution in [0.25, 0.3) is 0 Å². The van der Waals surface area contributed by atoms with E-state index >= 15 is 0 Å². The Balaban J connectivity index is 3.81. The molecule has 0 bridgehead atoms. The summed E-state index contributed by atoms with van der Waals surface area (Å²) in [5.74, 6) is 0. The second kappa shape index (κ2) is 3.01. The van der Waals surface area contributed by atoms with E-state index in [0.717, 1.165) is 0 Å². The van der Waals surface area contributed by atoms with Crippen LogP contribution in [-0.4, -0.2) is 25.0 Å². The van der Waals surface area contributed by atoms with E-state index < -0.39 is 6.04 Å². The molecule has 42 valence electrons. The van der Waals surface area contributed by atoms with Crippen molar-refractivity contribution in [3.63, 3.8) is 0 Å². The van der Waals surface area contributed by atoms with Crippen molar-refractivity contribution in [3.8, 4) is 12.1 Å². The van der Waals surface area contributed by atoms with Crippen LogP contribution in [0.3, 0.4) is 0 Å². The van der Waals surface area contributed by atoms with Crippen molar-refractivity contribution in [1.82, 2.24) is 4.90 Å². The maximum Gasteiger partial charge on any atom is 0.185 e. The summed E-state index contributed by atoms with van der Waals surface area (Å²) < 4.78 is 0. The molecule has 0 fully saturated rings. The minimum atomic E-state index is -0.602. The smallest absolute Gasteiger partial charge is 0.185 e. The molecular weight excluding hydrogens is 102 g/mol. The highest BCUT2D eigenvalue weighted by molar-refractivity contribution is 5.05. The van der Waals surface area contributed by atoms with Gasteiger partial charge in [-0.15, -0.1) is 0 Å². The average Bonchev–Trinajstić information content (AvgIpc) is 1.69. The van der Waals surface area contributed by atoms with Crippen LogP contribution in [0.5, 0.6) is 0 Å². The van der Waals surface area contributed by atoms with Gasteiger partial charge in [0.25, 0.3) is 0 Å². The molecule has 0 amide bonds. The molecule has 0 unspecified atom stereocenters. The molecule has 0 aliphatic rings. The molecule has 0 radical (unpaired) electrons. The van der Waals surface area contributed by atoms with Gasteiger partial charge in [0.2, 0.25) is 0 Å². The molecular formula is C5H7N3. The fourth-order valence-electron chi connectivity index (χ4n) is 0.260. The molecule has 0 aliphatic carbocycles. The van der Waals surface area contributed by atoms with E-state index in [1.807, 2.05) is 12.1 Å². The van der Waals surface area contributed by atoms with Gasteiger partial charge in [-0.3, -0.25) is 4.90 Å². The highest BCUT2D eigenvalue weighted by Gasteiger charge is 2.04. The summed E-state index contributed by atoms with van der Waals surface area (Å²) in [6.07, 6.45) is 0. The monoisotopic (exact) mass is 109 g/mol. The van der Waals surface area contributed by atoms with Crippen LogP contribution in [-0.2, 0) is 0 Å². The Morgan fingerprint density at radius 1 is 1.25 bits per heavy atom. The van der Waals surface area contributed by atoms with Gasteiger partial charge in [-0.2, -0.15) is 10.5 Å². The highest BCUT2D eigenvalue weighted by Crippen LogP contribution is 1.85. The minimum Gasteiger partial charge on any atom is -0.282 e. The number of nitrogens with zero attached hydrogens (tertiary/aromatic N) is 3. The lowest BCUT2D eigenvalue weighted by atomic mass is 10.3. The fourth-order valence-corrected chi connectivity index (χ4v) is 0.260. The molecule has 3 nitrogen and oxygen atoms in total. The van der Waals surface area contributed by atoms with Crippen LogP contribution < -0.4 is 0 Å². The van der Waals surface area contributed by atoms with Gasteiger partial charge in [-0.25, -0.2) is 0 Å². The molecule has 0 atom stereocenters. The summed E-state index contributed by atoms with van der Waals surface area (Å²) in [7, 11) is 3.38. The normalized spacial score (nSPS) is 8.75. The number of hydrogen-bond acceptors (Lipinski definition) is 3. The van der Waals surface area contributed by atoms with Gasteiger partial charge in [0.15, 0.2) is 6.04 Å². The van der Waals surface area contributed by atoms with Gasteiger partial charge in [-0.05, 0) is 14.1 Å². The third kappa shape index (κ3) is 1.59. The summed E-state index contributed by atoms with van der Waals surface area (Å²) in [5.41, 5.74) is 0. The lowest BCUT2D eigenvalue weighted by Crippen LogP contribution is -2.23. The number of nitriles is 2. The SMILES string of the molecule is CN(C)C(C#N)C#N. The van der Waals surface area contributed by atoms with Crippen LogP contribution in [0.2, 0.25) is 0 Å². The molecule has 3 heteroatoms. The Morgan fingerprint density at radius 3 is 1.62 bits per heavy atom. The first-order chi connectivity index (χ1) is 3.72. The van der Waals surface area contributed by atoms with Crippen LogP contribution in [0.4, 0.5) is 0 Å². The molecule has 0 spiro atoms. The third-order valence-electron chi connectivity index (χ3n) is 0.761. The first kappa shape index (κ1) is 6.94. The van der Waals surface area contributed by atoms with Gasteiger partial charge in [0.1, 0.15) is 0 Å². The Morgan fingerprint density at radius 2 is 1.62 bits per heavy atom. The molecule has 0 aromatic rings. The van der Waals surface area contributed by atoms with Crippen molar-refractivity contribution in [2.45, 2.75) is 6.04 Å². The standard InChI is InChI=1S/C5H7N3/c1-8(2)5(3-6)4-7/h5H,1-2H3. The van der Waals surface area contributed by atoms with Gasteiger partial charge >= 0.3 is 0 Å². The molecule has 0 rings (SSSR count). The Kier molecular flexibility index (Phi) is 2.61. The van der Waals surface area contributed by atoms with Crippen LogP contribution in [0.15, 0.2) is 0 Å². The van der Waals surface area contributed by atoms with Gasteiger partial charge in [-0.1, -0.05) is 0 Å². The summed E-state index contributed by atoms with van der Waals surface area (Å²) in [5, 5.41) is 16.4. The molecule has 8 heavy (non-hydrogen) atoms. The van der Waals surface area contributed by atoms with E-state index in [0.29, 0.717) is 0 Å². The predicted molar refractivity (Wildman–Crippen MR) is 28.7 cm³/mol. The molecule has 0 aromatic heterocycles. The number of rotatable bonds is 1. The second-order valence-corrected chi connectivity index (χ2v) is 1.62. The topological polar surface area (TPSA) is 50.8 Å². The Hall–Kier alpha value is -1.06. The van der Waals surface area contributed by atoms with E-state index in [2.05, 4.69) is 0 Å². The zero-order valence-electron chi connectivity index (χ0n) is 4.92. The molecule has 0 N–H and O–H groups in total. The minimum absolute atomic E-state index is 0.602. The van der Waals surface area contributed by atoms with Crippen LogP contribution in [0.1, 0.15) is 0 Å². The summed E-state index contributed by atoms with van der Waals surface area (Å²) >= 11 is 0. The Labute approximate surface area is 48.7 Å². The van der Waals surface area contributed by atoms with Crippen molar-refractivity contribution in [3.05, 3.63) is 0 Å². The van der Waals surface area contributed by atoms with E-state index in [9.17, 15) is 0 Å². The van der Waals surface area contributed by atoms with E-state index in [1.165, 1.54) is 0 Å². The highest BCUT2D eigenvalue weighted by atomic mass is 15.1. The van der Waals surface area contributed by atoms with Gasteiger partial charge in [0.05, 0.1) is 12.1 Å². The quantitative estimate of drug-likeness (QED) is 0.475. The molecule has 0 heterocycles. The maximum atomic E-state index is 8.18. The zero-order valence-corrected chi connectivity index (χ0v) is 4.92. The average molecular weight is 109 g/mol. The second-order valence-electron chi connectivity index (χ2n) is 1.62. The third-order valence-corrected chi connectivity index (χ3v) is 0.761. The van der Waals surface area contributed by atoms with E-state index in [4.69, 9.17) is 10.5 Å². The van der Waals surface area contributed by atoms with Crippen molar-refractivity contribution in [1.29, 1.82) is 10.5 Å². The lowest BCUT2D eigenvalue weighted by Gasteiger charge is -2.06. The van der Waals surface area contributed by atoms with Gasteiger partial charge < -0.3 is 0 Å². The first-order valence-corrected chi connectivity index (χ1v) is 2.18. The molecule has 0 aromatic carbocycles. The predicted octanol–water partition coefficient (Wildman–Crippen LogP) is -0.0362. The summed E-state index contributed by atoms with van der Waals surface area (Å²) in [4.78, 5) is 1.56. The van der Waals surface area contributed by atoms with Crippen LogP contribution >= 0.6 is 0 Å². The Bertz CT molecular complexity index is 123. The van der Waals surface area contributed by atoms with E-state index in [1.54, 1.807) is 19.0 Å². The fraction of sp³-hybridized carbons (Fsp3) is 0.600. The largest absolute Gasteiger partial charge is 0.282 e. The van der Waals surface area contributed by atoms with Crippen LogP contribution in [0, 0.1) is 22.7 Å². The molecule has 0 saturated heterocycles. The summed E-state index contributed by atoms with van der Waals surface area (Å²) in [6, 6.07) is 3.03. The lowest BCUT2D eigenvalue weighted by molar-refractivity contribution is 0.404. The zero-order chi connectivity index (χ0) is 6.57. The molecule has 0 saturated carbocycles. The van der Waals surface area contributed by atoms with Crippen molar-refractivity contribution in [2.24, 2.45) is 0 Å². The van der Waals surface area contributed by atoms with Crippen molar-refractivity contribution < 1.29 is 0 Å². The van der Waals surface area contributed by atoms with Crippen molar-refractivity contribution >= 4 is 0 Å². The first-order valence-electron chi connectivity index (χ1n) is 2.18. The number of hydrogen-bond donors (Lipinski definition) is 0. The maximum absolute atomic E-state index is 8.18. The van der Waals surface area contributed by atoms with E-state index in [-0.39, 0.29) is 0 Å². The van der Waals surface area contributed by atoms with Crippen molar-refractivity contribution in [2.75, 3.05) is 14.1 Å². The molecule has 0 aliphatic heterocycles. The summed E-state index contributed by atoms with van der Waals surface area (Å²) in [6.45, 7) is 0. The van der Waals surface area contributed by atoms with Gasteiger partial charge in [0, 0.05) is 0 Å².